The van der Waals surface area contributed by atoms with Crippen molar-refractivity contribution in [2.24, 2.45) is 0 Å². The molecule has 5 aromatic rings. The van der Waals surface area contributed by atoms with Crippen LogP contribution in [0.1, 0.15) is 12.6 Å². The molecule has 0 atom stereocenters. The highest BCUT2D eigenvalue weighted by Crippen LogP contribution is 2.31. The molecule has 0 unspecified atom stereocenters. The number of nitrogens with zero attached hydrogens (tertiary/aromatic N) is 5. The minimum Gasteiger partial charge on any atom is -0.497 e. The first-order valence-corrected chi connectivity index (χ1v) is 12.0. The first-order chi connectivity index (χ1) is 17.2. The van der Waals surface area contributed by atoms with Gasteiger partial charge in [0.05, 0.1) is 19.4 Å². The van der Waals surface area contributed by atoms with Gasteiger partial charge in [0.1, 0.15) is 17.8 Å². The van der Waals surface area contributed by atoms with E-state index in [1.165, 1.54) is 11.8 Å². The van der Waals surface area contributed by atoms with Crippen LogP contribution in [0.4, 0.5) is 0 Å². The summed E-state index contributed by atoms with van der Waals surface area (Å²) in [5, 5.41) is 9.68. The van der Waals surface area contributed by atoms with Gasteiger partial charge in [-0.2, -0.15) is 0 Å². The molecule has 3 aromatic heterocycles. The van der Waals surface area contributed by atoms with E-state index in [1.54, 1.807) is 25.8 Å². The van der Waals surface area contributed by atoms with Crippen LogP contribution in [0.3, 0.4) is 0 Å². The van der Waals surface area contributed by atoms with Gasteiger partial charge in [-0.05, 0) is 67.6 Å². The summed E-state index contributed by atoms with van der Waals surface area (Å²) in [4.78, 5) is 8.88. The molecule has 0 saturated heterocycles. The van der Waals surface area contributed by atoms with Crippen molar-refractivity contribution in [1.82, 2.24) is 24.7 Å². The molecule has 0 bridgehead atoms. The van der Waals surface area contributed by atoms with E-state index in [0.717, 1.165) is 39.2 Å². The standard InChI is InChI=1S/C26H23N5O3S/c1-3-33-23-12-8-21(9-13-23)31-24(19-5-4-14-27-15-19)29-30-26(31)35-17-20-16-34-25(28-20)18-6-10-22(32-2)11-7-18/h4-16H,3,17H2,1-2H3. The molecule has 0 saturated carbocycles. The number of hydrogen-bond acceptors (Lipinski definition) is 8. The highest BCUT2D eigenvalue weighted by Gasteiger charge is 2.17. The maximum atomic E-state index is 5.71. The number of ether oxygens (including phenoxy) is 2. The van der Waals surface area contributed by atoms with Crippen LogP contribution >= 0.6 is 11.8 Å². The number of hydrogen-bond donors (Lipinski definition) is 0. The fourth-order valence-corrected chi connectivity index (χ4v) is 4.34. The molecule has 9 heteroatoms. The van der Waals surface area contributed by atoms with Gasteiger partial charge in [0, 0.05) is 35.0 Å². The van der Waals surface area contributed by atoms with Crippen molar-refractivity contribution >= 4 is 11.8 Å². The Bertz CT molecular complexity index is 1380. The summed E-state index contributed by atoms with van der Waals surface area (Å²) in [6.45, 7) is 2.58. The lowest BCUT2D eigenvalue weighted by atomic mass is 10.2. The van der Waals surface area contributed by atoms with Crippen LogP contribution in [0.25, 0.3) is 28.5 Å². The summed E-state index contributed by atoms with van der Waals surface area (Å²) < 4.78 is 18.5. The first kappa shape index (κ1) is 22.7. The van der Waals surface area contributed by atoms with Crippen molar-refractivity contribution in [3.05, 3.63) is 85.0 Å². The monoisotopic (exact) mass is 485 g/mol. The number of aromatic nitrogens is 5. The highest BCUT2D eigenvalue weighted by atomic mass is 32.2. The number of pyridine rings is 1. The van der Waals surface area contributed by atoms with E-state index in [-0.39, 0.29) is 0 Å². The molecule has 0 aliphatic rings. The fraction of sp³-hybridized carbons (Fsp3) is 0.154. The van der Waals surface area contributed by atoms with E-state index in [4.69, 9.17) is 13.9 Å². The lowest BCUT2D eigenvalue weighted by molar-refractivity contribution is 0.340. The highest BCUT2D eigenvalue weighted by molar-refractivity contribution is 7.98. The van der Waals surface area contributed by atoms with Crippen molar-refractivity contribution in [2.75, 3.05) is 13.7 Å². The molecular weight excluding hydrogens is 462 g/mol. The Morgan fingerprint density at radius 1 is 0.943 bits per heavy atom. The lowest BCUT2D eigenvalue weighted by Gasteiger charge is -2.11. The third kappa shape index (κ3) is 5.04. The lowest BCUT2D eigenvalue weighted by Crippen LogP contribution is -2.00. The predicted octanol–water partition coefficient (Wildman–Crippen LogP) is 5.68. The van der Waals surface area contributed by atoms with Gasteiger partial charge in [0.25, 0.3) is 0 Å². The van der Waals surface area contributed by atoms with Crippen LogP contribution in [0.2, 0.25) is 0 Å². The Kier molecular flexibility index (Phi) is 6.76. The summed E-state index contributed by atoms with van der Waals surface area (Å²) in [6.07, 6.45) is 5.19. The van der Waals surface area contributed by atoms with Gasteiger partial charge in [-0.3, -0.25) is 9.55 Å². The van der Waals surface area contributed by atoms with Gasteiger partial charge in [0.15, 0.2) is 11.0 Å². The molecule has 8 nitrogen and oxygen atoms in total. The van der Waals surface area contributed by atoms with Crippen LogP contribution in [-0.4, -0.2) is 38.4 Å². The predicted molar refractivity (Wildman–Crippen MR) is 134 cm³/mol. The zero-order valence-corrected chi connectivity index (χ0v) is 20.1. The normalized spacial score (nSPS) is 10.9. The summed E-state index contributed by atoms with van der Waals surface area (Å²) in [7, 11) is 1.64. The molecule has 0 spiro atoms. The maximum Gasteiger partial charge on any atom is 0.226 e. The van der Waals surface area contributed by atoms with Gasteiger partial charge in [0.2, 0.25) is 5.89 Å². The Balaban J connectivity index is 1.41. The topological polar surface area (TPSA) is 88.1 Å². The second kappa shape index (κ2) is 10.4. The van der Waals surface area contributed by atoms with Crippen molar-refractivity contribution in [3.8, 4) is 40.0 Å². The number of thioether (sulfide) groups is 1. The quantitative estimate of drug-likeness (QED) is 0.246. The molecule has 35 heavy (non-hydrogen) atoms. The van der Waals surface area contributed by atoms with Gasteiger partial charge in [-0.1, -0.05) is 11.8 Å². The maximum absolute atomic E-state index is 5.71. The average Bonchev–Trinajstić information content (AvgIpc) is 3.56. The van der Waals surface area contributed by atoms with Crippen molar-refractivity contribution in [1.29, 1.82) is 0 Å². The Labute approximate surface area is 207 Å². The van der Waals surface area contributed by atoms with Crippen LogP contribution in [0.5, 0.6) is 11.5 Å². The molecule has 0 aliphatic carbocycles. The van der Waals surface area contributed by atoms with Gasteiger partial charge >= 0.3 is 0 Å². The Morgan fingerprint density at radius 2 is 1.74 bits per heavy atom. The average molecular weight is 486 g/mol. The Hall–Kier alpha value is -4.11. The van der Waals surface area contributed by atoms with Crippen molar-refractivity contribution < 1.29 is 13.9 Å². The zero-order chi connectivity index (χ0) is 24.0. The summed E-state index contributed by atoms with van der Waals surface area (Å²) >= 11 is 1.53. The number of oxazole rings is 1. The molecule has 0 fully saturated rings. The van der Waals surface area contributed by atoms with E-state index in [9.17, 15) is 0 Å². The van der Waals surface area contributed by atoms with Crippen LogP contribution in [-0.2, 0) is 5.75 Å². The van der Waals surface area contributed by atoms with E-state index in [0.29, 0.717) is 24.1 Å². The zero-order valence-electron chi connectivity index (χ0n) is 19.3. The second-order valence-electron chi connectivity index (χ2n) is 7.47. The molecule has 2 aromatic carbocycles. The molecule has 5 rings (SSSR count). The van der Waals surface area contributed by atoms with Crippen molar-refractivity contribution in [3.63, 3.8) is 0 Å². The van der Waals surface area contributed by atoms with E-state index in [1.807, 2.05) is 72.2 Å². The third-order valence-electron chi connectivity index (χ3n) is 5.20. The number of methoxy groups -OCH3 is 1. The summed E-state index contributed by atoms with van der Waals surface area (Å²) in [5.74, 6) is 3.45. The largest absolute Gasteiger partial charge is 0.497 e. The van der Waals surface area contributed by atoms with Gasteiger partial charge in [-0.15, -0.1) is 10.2 Å². The third-order valence-corrected chi connectivity index (χ3v) is 6.16. The Morgan fingerprint density at radius 3 is 2.46 bits per heavy atom. The molecule has 0 aliphatic heterocycles. The fourth-order valence-electron chi connectivity index (χ4n) is 3.51. The van der Waals surface area contributed by atoms with E-state index in [2.05, 4.69) is 20.2 Å². The van der Waals surface area contributed by atoms with Crippen LogP contribution in [0.15, 0.2) is 88.9 Å². The molecule has 0 amide bonds. The van der Waals surface area contributed by atoms with Gasteiger partial charge in [-0.25, -0.2) is 4.98 Å². The van der Waals surface area contributed by atoms with Crippen LogP contribution < -0.4 is 9.47 Å². The molecular formula is C26H23N5O3S. The first-order valence-electron chi connectivity index (χ1n) is 11.1. The number of rotatable bonds is 9. The molecule has 3 heterocycles. The van der Waals surface area contributed by atoms with Gasteiger partial charge < -0.3 is 13.9 Å². The van der Waals surface area contributed by atoms with Crippen molar-refractivity contribution in [2.45, 2.75) is 17.8 Å². The summed E-state index contributed by atoms with van der Waals surface area (Å²) in [5.41, 5.74) is 3.51. The SMILES string of the molecule is CCOc1ccc(-n2c(SCc3coc(-c4ccc(OC)cc4)n3)nnc2-c2cccnc2)cc1. The van der Waals surface area contributed by atoms with E-state index < -0.39 is 0 Å². The summed E-state index contributed by atoms with van der Waals surface area (Å²) in [6, 6.07) is 19.3. The molecule has 0 radical (unpaired) electrons. The second-order valence-corrected chi connectivity index (χ2v) is 8.41. The number of benzene rings is 2. The van der Waals surface area contributed by atoms with E-state index >= 15 is 0 Å². The minimum absolute atomic E-state index is 0.562. The smallest absolute Gasteiger partial charge is 0.226 e. The molecule has 176 valence electrons. The molecule has 0 N–H and O–H groups in total. The van der Waals surface area contributed by atoms with Crippen LogP contribution in [0, 0.1) is 0 Å². The minimum atomic E-state index is 0.562.